The standard InChI is InChI=1S/C19H17FN8O/c1-28-11-24-19(27-28)13-4-3-5-14(18(13)29-2)25-16-8-17(23-10-22-16)26-15-7-6-12(20)9-21-15/h3-11H,1-2H3,(H2,21,22,23,25,26). The molecule has 3 aromatic heterocycles. The molecular weight excluding hydrogens is 375 g/mol. The van der Waals surface area contributed by atoms with Crippen molar-refractivity contribution in [2.24, 2.45) is 7.05 Å². The van der Waals surface area contributed by atoms with Crippen molar-refractivity contribution in [3.05, 3.63) is 61.1 Å². The summed E-state index contributed by atoms with van der Waals surface area (Å²) >= 11 is 0. The van der Waals surface area contributed by atoms with Crippen molar-refractivity contribution < 1.29 is 9.13 Å². The van der Waals surface area contributed by atoms with Crippen molar-refractivity contribution >= 4 is 23.1 Å². The third-order valence-electron chi connectivity index (χ3n) is 3.97. The molecule has 1 aromatic carbocycles. The fraction of sp³-hybridized carbons (Fsp3) is 0.105. The molecule has 0 atom stereocenters. The van der Waals surface area contributed by atoms with Crippen LogP contribution in [-0.2, 0) is 7.05 Å². The topological polar surface area (TPSA) is 103 Å². The molecule has 4 aromatic rings. The number of anilines is 4. The first-order chi connectivity index (χ1) is 14.1. The lowest BCUT2D eigenvalue weighted by molar-refractivity contribution is 0.418. The minimum Gasteiger partial charge on any atom is -0.494 e. The number of methoxy groups -OCH3 is 1. The minimum atomic E-state index is -0.407. The van der Waals surface area contributed by atoms with Crippen LogP contribution in [0.4, 0.5) is 27.5 Å². The van der Waals surface area contributed by atoms with E-state index in [0.29, 0.717) is 34.7 Å². The summed E-state index contributed by atoms with van der Waals surface area (Å²) < 4.78 is 20.2. The Morgan fingerprint density at radius 2 is 1.79 bits per heavy atom. The first-order valence-electron chi connectivity index (χ1n) is 8.63. The maximum Gasteiger partial charge on any atom is 0.184 e. The predicted octanol–water partition coefficient (Wildman–Crippen LogP) is 3.30. The Hall–Kier alpha value is -4.08. The number of pyridine rings is 1. The Bertz CT molecular complexity index is 1130. The average Bonchev–Trinajstić information content (AvgIpc) is 3.16. The van der Waals surface area contributed by atoms with Gasteiger partial charge in [-0.2, -0.15) is 5.10 Å². The molecule has 0 amide bonds. The van der Waals surface area contributed by atoms with Gasteiger partial charge in [-0.15, -0.1) is 0 Å². The molecule has 0 saturated heterocycles. The molecule has 4 rings (SSSR count). The van der Waals surface area contributed by atoms with Crippen LogP contribution in [0.5, 0.6) is 5.75 Å². The van der Waals surface area contributed by atoms with Gasteiger partial charge in [-0.1, -0.05) is 6.07 Å². The summed E-state index contributed by atoms with van der Waals surface area (Å²) in [5.41, 5.74) is 1.45. The second-order valence-electron chi connectivity index (χ2n) is 6.03. The molecule has 9 nitrogen and oxygen atoms in total. The van der Waals surface area contributed by atoms with Gasteiger partial charge in [-0.25, -0.2) is 24.3 Å². The van der Waals surface area contributed by atoms with E-state index in [9.17, 15) is 4.39 Å². The molecule has 0 bridgehead atoms. The van der Waals surface area contributed by atoms with E-state index in [4.69, 9.17) is 4.74 Å². The van der Waals surface area contributed by atoms with E-state index < -0.39 is 5.82 Å². The lowest BCUT2D eigenvalue weighted by Gasteiger charge is -2.14. The van der Waals surface area contributed by atoms with Crippen molar-refractivity contribution in [2.75, 3.05) is 17.7 Å². The van der Waals surface area contributed by atoms with Gasteiger partial charge in [-0.05, 0) is 24.3 Å². The number of ether oxygens (including phenoxy) is 1. The molecule has 29 heavy (non-hydrogen) atoms. The van der Waals surface area contributed by atoms with Crippen LogP contribution in [0.1, 0.15) is 0 Å². The van der Waals surface area contributed by atoms with E-state index in [1.807, 2.05) is 18.2 Å². The lowest BCUT2D eigenvalue weighted by atomic mass is 10.1. The van der Waals surface area contributed by atoms with Gasteiger partial charge >= 0.3 is 0 Å². The van der Waals surface area contributed by atoms with Crippen LogP contribution in [0.15, 0.2) is 55.2 Å². The smallest absolute Gasteiger partial charge is 0.184 e. The van der Waals surface area contributed by atoms with Gasteiger partial charge in [0.05, 0.1) is 24.6 Å². The third kappa shape index (κ3) is 4.10. The van der Waals surface area contributed by atoms with Crippen molar-refractivity contribution in [1.82, 2.24) is 29.7 Å². The highest BCUT2D eigenvalue weighted by Gasteiger charge is 2.15. The van der Waals surface area contributed by atoms with Gasteiger partial charge in [0.2, 0.25) is 0 Å². The van der Waals surface area contributed by atoms with Crippen LogP contribution < -0.4 is 15.4 Å². The zero-order valence-electron chi connectivity index (χ0n) is 15.7. The van der Waals surface area contributed by atoms with Crippen molar-refractivity contribution in [1.29, 1.82) is 0 Å². The molecule has 2 N–H and O–H groups in total. The molecule has 0 aliphatic rings. The summed E-state index contributed by atoms with van der Waals surface area (Å²) in [6.45, 7) is 0. The Morgan fingerprint density at radius 1 is 0.966 bits per heavy atom. The highest BCUT2D eigenvalue weighted by atomic mass is 19.1. The SMILES string of the molecule is COc1c(Nc2cc(Nc3ccc(F)cn3)ncn2)cccc1-c1ncn(C)n1. The summed E-state index contributed by atoms with van der Waals surface area (Å²) in [5.74, 6) is 2.25. The van der Waals surface area contributed by atoms with Crippen LogP contribution in [0, 0.1) is 5.82 Å². The molecule has 10 heteroatoms. The predicted molar refractivity (Wildman–Crippen MR) is 106 cm³/mol. The summed E-state index contributed by atoms with van der Waals surface area (Å²) in [6, 6.07) is 10.2. The van der Waals surface area contributed by atoms with Crippen LogP contribution in [0.2, 0.25) is 0 Å². The summed E-state index contributed by atoms with van der Waals surface area (Å²) in [6.07, 6.45) is 4.16. The number of aryl methyl sites for hydroxylation is 1. The van der Waals surface area contributed by atoms with Gasteiger partial charge < -0.3 is 15.4 Å². The number of para-hydroxylation sites is 1. The van der Waals surface area contributed by atoms with Gasteiger partial charge in [0, 0.05) is 13.1 Å². The first kappa shape index (κ1) is 18.3. The molecule has 0 fully saturated rings. The van der Waals surface area contributed by atoms with Crippen LogP contribution in [0.3, 0.4) is 0 Å². The Balaban J connectivity index is 1.60. The van der Waals surface area contributed by atoms with E-state index in [2.05, 4.69) is 35.7 Å². The fourth-order valence-corrected chi connectivity index (χ4v) is 2.71. The first-order valence-corrected chi connectivity index (χ1v) is 8.63. The average molecular weight is 392 g/mol. The number of nitrogens with one attached hydrogen (secondary N) is 2. The Kier molecular flexibility index (Phi) is 4.97. The maximum absolute atomic E-state index is 13.0. The highest BCUT2D eigenvalue weighted by Crippen LogP contribution is 2.36. The molecule has 0 saturated carbocycles. The second kappa shape index (κ2) is 7.89. The van der Waals surface area contributed by atoms with Crippen LogP contribution >= 0.6 is 0 Å². The van der Waals surface area contributed by atoms with E-state index in [1.54, 1.807) is 31.2 Å². The van der Waals surface area contributed by atoms with E-state index >= 15 is 0 Å². The summed E-state index contributed by atoms with van der Waals surface area (Å²) in [5, 5.41) is 10.6. The largest absolute Gasteiger partial charge is 0.494 e. The normalized spacial score (nSPS) is 10.6. The number of rotatable bonds is 6. The molecule has 0 aliphatic carbocycles. The number of halogens is 1. The van der Waals surface area contributed by atoms with Crippen LogP contribution in [-0.4, -0.2) is 36.8 Å². The second-order valence-corrected chi connectivity index (χ2v) is 6.03. The number of hydrogen-bond acceptors (Lipinski definition) is 8. The Morgan fingerprint density at radius 3 is 2.48 bits per heavy atom. The van der Waals surface area contributed by atoms with Gasteiger partial charge in [0.1, 0.15) is 35.9 Å². The fourth-order valence-electron chi connectivity index (χ4n) is 2.71. The zero-order chi connectivity index (χ0) is 20.2. The van der Waals surface area contributed by atoms with Gasteiger partial charge in [-0.3, -0.25) is 4.68 Å². The van der Waals surface area contributed by atoms with E-state index in [-0.39, 0.29) is 0 Å². The number of aromatic nitrogens is 6. The Labute approximate surface area is 165 Å². The van der Waals surface area contributed by atoms with Crippen molar-refractivity contribution in [3.8, 4) is 17.1 Å². The zero-order valence-corrected chi connectivity index (χ0v) is 15.7. The van der Waals surface area contributed by atoms with Gasteiger partial charge in [0.15, 0.2) is 11.6 Å². The summed E-state index contributed by atoms with van der Waals surface area (Å²) in [4.78, 5) is 16.6. The molecule has 0 aliphatic heterocycles. The number of benzene rings is 1. The lowest BCUT2D eigenvalue weighted by Crippen LogP contribution is -2.01. The van der Waals surface area contributed by atoms with E-state index in [0.717, 1.165) is 11.8 Å². The number of nitrogens with zero attached hydrogens (tertiary/aromatic N) is 6. The molecule has 146 valence electrons. The monoisotopic (exact) mass is 392 g/mol. The highest BCUT2D eigenvalue weighted by molar-refractivity contribution is 5.77. The quantitative estimate of drug-likeness (QED) is 0.515. The van der Waals surface area contributed by atoms with Crippen LogP contribution in [0.25, 0.3) is 11.4 Å². The van der Waals surface area contributed by atoms with Crippen molar-refractivity contribution in [2.45, 2.75) is 0 Å². The molecule has 0 radical (unpaired) electrons. The molecule has 0 spiro atoms. The van der Waals surface area contributed by atoms with E-state index in [1.165, 1.54) is 18.5 Å². The molecular formula is C19H17FN8O. The van der Waals surface area contributed by atoms with Crippen molar-refractivity contribution in [3.63, 3.8) is 0 Å². The maximum atomic E-state index is 13.0. The third-order valence-corrected chi connectivity index (χ3v) is 3.97. The summed E-state index contributed by atoms with van der Waals surface area (Å²) in [7, 11) is 3.39. The number of hydrogen-bond donors (Lipinski definition) is 2. The molecule has 0 unspecified atom stereocenters. The van der Waals surface area contributed by atoms with Gasteiger partial charge in [0.25, 0.3) is 0 Å². The molecule has 3 heterocycles. The minimum absolute atomic E-state index is 0.407.